The van der Waals surface area contributed by atoms with Crippen molar-refractivity contribution in [2.75, 3.05) is 26.4 Å². The molecule has 0 aromatic carbocycles. The summed E-state index contributed by atoms with van der Waals surface area (Å²) in [6.45, 7) is 7.45. The van der Waals surface area contributed by atoms with Crippen molar-refractivity contribution in [2.45, 2.75) is 130 Å². The zero-order valence-electron chi connectivity index (χ0n) is 23.9. The molecule has 0 saturated heterocycles. The molecule has 0 rings (SSSR count). The van der Waals surface area contributed by atoms with Crippen LogP contribution in [0.2, 0.25) is 0 Å². The minimum Gasteiger partial charge on any atom is -0.465 e. The second-order valence-electron chi connectivity index (χ2n) is 9.97. The normalized spacial score (nSPS) is 11.1. The molecule has 0 aliphatic rings. The Bertz CT molecular complexity index is 577. The summed E-state index contributed by atoms with van der Waals surface area (Å²) < 4.78 is 22.1. The van der Waals surface area contributed by atoms with Gasteiger partial charge in [-0.3, -0.25) is 19.2 Å². The predicted molar refractivity (Wildman–Crippen MR) is 143 cm³/mol. The van der Waals surface area contributed by atoms with Gasteiger partial charge in [0.15, 0.2) is 0 Å². The topological polar surface area (TPSA) is 105 Å². The van der Waals surface area contributed by atoms with E-state index in [0.29, 0.717) is 12.8 Å². The molecule has 0 spiro atoms. The van der Waals surface area contributed by atoms with Gasteiger partial charge in [-0.25, -0.2) is 0 Å². The van der Waals surface area contributed by atoms with E-state index >= 15 is 0 Å². The highest BCUT2D eigenvalue weighted by Crippen LogP contribution is 2.23. The van der Waals surface area contributed by atoms with Gasteiger partial charge in [-0.2, -0.15) is 0 Å². The van der Waals surface area contributed by atoms with E-state index in [1.807, 2.05) is 13.8 Å². The van der Waals surface area contributed by atoms with Gasteiger partial charge in [0.1, 0.15) is 31.8 Å². The molecule has 0 radical (unpaired) electrons. The summed E-state index contributed by atoms with van der Waals surface area (Å²) in [5, 5.41) is 0. The van der Waals surface area contributed by atoms with Gasteiger partial charge in [0.05, 0.1) is 0 Å². The fourth-order valence-electron chi connectivity index (χ4n) is 3.51. The maximum atomic E-state index is 12.4. The number of esters is 4. The van der Waals surface area contributed by atoms with E-state index in [2.05, 4.69) is 13.8 Å². The molecule has 0 aromatic heterocycles. The predicted octanol–water partition coefficient (Wildman–Crippen LogP) is 6.47. The molecule has 0 amide bonds. The number of carbonyl (C=O) groups is 4. The summed E-state index contributed by atoms with van der Waals surface area (Å²) in [6, 6.07) is 0. The summed E-state index contributed by atoms with van der Waals surface area (Å²) in [5.41, 5.74) is -1.16. The van der Waals surface area contributed by atoms with Gasteiger partial charge >= 0.3 is 23.9 Å². The highest BCUT2D eigenvalue weighted by Gasteiger charge is 2.38. The molecular weight excluding hydrogens is 476 g/mol. The Labute approximate surface area is 224 Å². The number of hydrogen-bond acceptors (Lipinski definition) is 8. The van der Waals surface area contributed by atoms with Gasteiger partial charge < -0.3 is 18.9 Å². The van der Waals surface area contributed by atoms with Crippen molar-refractivity contribution in [3.8, 4) is 0 Å². The van der Waals surface area contributed by atoms with E-state index in [0.717, 1.165) is 64.2 Å². The first-order valence-electron chi connectivity index (χ1n) is 14.4. The van der Waals surface area contributed by atoms with Crippen LogP contribution < -0.4 is 0 Å². The number of rotatable bonds is 24. The number of hydrogen-bond donors (Lipinski definition) is 0. The van der Waals surface area contributed by atoms with Crippen LogP contribution in [-0.4, -0.2) is 50.3 Å². The third-order valence-electron chi connectivity index (χ3n) is 6.10. The lowest BCUT2D eigenvalue weighted by atomic mass is 9.92. The molecule has 216 valence electrons. The van der Waals surface area contributed by atoms with Crippen LogP contribution in [-0.2, 0) is 38.1 Å². The molecule has 0 bridgehead atoms. The lowest BCUT2D eigenvalue weighted by molar-refractivity contribution is -0.170. The number of unbranched alkanes of at least 4 members (excludes halogenated alkanes) is 8. The Morgan fingerprint density at radius 2 is 0.676 bits per heavy atom. The lowest BCUT2D eigenvalue weighted by Gasteiger charge is -2.31. The fourth-order valence-corrected chi connectivity index (χ4v) is 3.51. The van der Waals surface area contributed by atoms with Crippen molar-refractivity contribution < 1.29 is 38.1 Å². The molecule has 37 heavy (non-hydrogen) atoms. The maximum Gasteiger partial charge on any atom is 0.305 e. The molecule has 8 nitrogen and oxygen atoms in total. The molecule has 0 aromatic rings. The van der Waals surface area contributed by atoms with Crippen LogP contribution >= 0.6 is 0 Å². The van der Waals surface area contributed by atoms with Gasteiger partial charge in [0, 0.05) is 25.7 Å². The Kier molecular flexibility index (Phi) is 21.7. The van der Waals surface area contributed by atoms with E-state index < -0.39 is 5.41 Å². The highest BCUT2D eigenvalue weighted by molar-refractivity contribution is 5.71. The molecule has 0 aliphatic carbocycles. The first-order valence-corrected chi connectivity index (χ1v) is 14.4. The van der Waals surface area contributed by atoms with E-state index in [1.165, 1.54) is 0 Å². The minimum atomic E-state index is -1.16. The van der Waals surface area contributed by atoms with E-state index in [-0.39, 0.29) is 76.0 Å². The van der Waals surface area contributed by atoms with Crippen molar-refractivity contribution in [3.05, 3.63) is 0 Å². The minimum absolute atomic E-state index is 0.176. The molecule has 0 fully saturated rings. The van der Waals surface area contributed by atoms with Crippen LogP contribution in [0.5, 0.6) is 0 Å². The van der Waals surface area contributed by atoms with Gasteiger partial charge in [-0.05, 0) is 25.7 Å². The molecular formula is C29H52O8. The molecule has 0 atom stereocenters. The third kappa shape index (κ3) is 19.6. The summed E-state index contributed by atoms with van der Waals surface area (Å²) in [6.07, 6.45) is 11.7. The van der Waals surface area contributed by atoms with Crippen molar-refractivity contribution in [2.24, 2.45) is 5.41 Å². The molecule has 0 heterocycles. The third-order valence-corrected chi connectivity index (χ3v) is 6.10. The van der Waals surface area contributed by atoms with E-state index in [1.54, 1.807) is 0 Å². The summed E-state index contributed by atoms with van der Waals surface area (Å²) in [7, 11) is 0. The monoisotopic (exact) mass is 528 g/mol. The molecule has 0 aliphatic heterocycles. The van der Waals surface area contributed by atoms with Crippen LogP contribution in [0.25, 0.3) is 0 Å². The Hall–Kier alpha value is -2.12. The average molecular weight is 529 g/mol. The van der Waals surface area contributed by atoms with Gasteiger partial charge in [0.2, 0.25) is 0 Å². The molecule has 0 saturated carbocycles. The first kappa shape index (κ1) is 34.9. The number of carbonyl (C=O) groups excluding carboxylic acids is 4. The zero-order valence-corrected chi connectivity index (χ0v) is 23.9. The largest absolute Gasteiger partial charge is 0.465 e. The van der Waals surface area contributed by atoms with Crippen molar-refractivity contribution >= 4 is 23.9 Å². The molecule has 0 N–H and O–H groups in total. The highest BCUT2D eigenvalue weighted by atomic mass is 16.6. The van der Waals surface area contributed by atoms with Gasteiger partial charge in [-0.1, -0.05) is 79.1 Å². The average Bonchev–Trinajstić information content (AvgIpc) is 2.90. The molecule has 8 heteroatoms. The standard InChI is InChI=1S/C29H52O8/c1-5-9-13-15-19-27(32)36-23-29(21-34-25(30)17-11-7-3,22-35-26(31)18-12-8-4)24-37-28(33)20-16-14-10-6-2/h5-24H2,1-4H3. The van der Waals surface area contributed by atoms with E-state index in [4.69, 9.17) is 18.9 Å². The number of ether oxygens (including phenoxy) is 4. The van der Waals surface area contributed by atoms with Crippen LogP contribution in [0, 0.1) is 5.41 Å². The summed E-state index contributed by atoms with van der Waals surface area (Å²) in [5.74, 6) is -1.53. The SMILES string of the molecule is CCCCCCC(=O)OCC(COC(=O)CCCC)(COC(=O)CCCC)COC(=O)CCCCCC. The van der Waals surface area contributed by atoms with Crippen molar-refractivity contribution in [1.82, 2.24) is 0 Å². The second-order valence-corrected chi connectivity index (χ2v) is 9.97. The quantitative estimate of drug-likeness (QED) is 0.0797. The Balaban J connectivity index is 5.40. The van der Waals surface area contributed by atoms with Gasteiger partial charge in [-0.15, -0.1) is 0 Å². The van der Waals surface area contributed by atoms with Crippen LogP contribution in [0.4, 0.5) is 0 Å². The van der Waals surface area contributed by atoms with Crippen molar-refractivity contribution in [1.29, 1.82) is 0 Å². The Morgan fingerprint density at radius 3 is 0.946 bits per heavy atom. The second kappa shape index (κ2) is 23.0. The summed E-state index contributed by atoms with van der Waals surface area (Å²) >= 11 is 0. The molecule has 0 unspecified atom stereocenters. The van der Waals surface area contributed by atoms with Gasteiger partial charge in [0.25, 0.3) is 0 Å². The lowest BCUT2D eigenvalue weighted by Crippen LogP contribution is -2.44. The van der Waals surface area contributed by atoms with Crippen LogP contribution in [0.1, 0.15) is 130 Å². The van der Waals surface area contributed by atoms with Crippen LogP contribution in [0.3, 0.4) is 0 Å². The van der Waals surface area contributed by atoms with Crippen molar-refractivity contribution in [3.63, 3.8) is 0 Å². The fraction of sp³-hybridized carbons (Fsp3) is 0.862. The Morgan fingerprint density at radius 1 is 0.405 bits per heavy atom. The van der Waals surface area contributed by atoms with E-state index in [9.17, 15) is 19.2 Å². The zero-order chi connectivity index (χ0) is 27.8. The maximum absolute atomic E-state index is 12.4. The first-order chi connectivity index (χ1) is 17.8. The smallest absolute Gasteiger partial charge is 0.305 e. The summed E-state index contributed by atoms with van der Waals surface area (Å²) in [4.78, 5) is 49.3. The van der Waals surface area contributed by atoms with Crippen LogP contribution in [0.15, 0.2) is 0 Å².